The molecule has 0 unspecified atom stereocenters. The number of carbonyl (C=O) groups is 2. The van der Waals surface area contributed by atoms with Gasteiger partial charge in [0, 0.05) is 17.5 Å². The van der Waals surface area contributed by atoms with E-state index in [1.807, 2.05) is 18.2 Å². The molecule has 0 saturated heterocycles. The SMILES string of the molecule is C[C@@H](C#N)C[C@H](NC(=O)c1cccc2cccnc12)C(=O)O. The molecule has 0 saturated carbocycles. The van der Waals surface area contributed by atoms with Gasteiger partial charge in [0.2, 0.25) is 0 Å². The summed E-state index contributed by atoms with van der Waals surface area (Å²) in [6.07, 6.45) is 1.63. The Balaban J connectivity index is 2.26. The zero-order chi connectivity index (χ0) is 16.1. The second-order valence-corrected chi connectivity index (χ2v) is 5.01. The molecule has 0 aliphatic carbocycles. The molecule has 2 N–H and O–H groups in total. The number of aliphatic carboxylic acids is 1. The lowest BCUT2D eigenvalue weighted by Crippen LogP contribution is -2.41. The summed E-state index contributed by atoms with van der Waals surface area (Å²) in [7, 11) is 0. The van der Waals surface area contributed by atoms with Gasteiger partial charge in [-0.25, -0.2) is 4.79 Å². The van der Waals surface area contributed by atoms with Gasteiger partial charge in [-0.1, -0.05) is 18.2 Å². The molecule has 2 rings (SSSR count). The van der Waals surface area contributed by atoms with Crippen LogP contribution in [0.25, 0.3) is 10.9 Å². The fourth-order valence-corrected chi connectivity index (χ4v) is 2.15. The maximum Gasteiger partial charge on any atom is 0.326 e. The Morgan fingerprint density at radius 1 is 1.36 bits per heavy atom. The van der Waals surface area contributed by atoms with E-state index < -0.39 is 23.8 Å². The molecule has 0 spiro atoms. The Morgan fingerprint density at radius 2 is 2.09 bits per heavy atom. The largest absolute Gasteiger partial charge is 0.480 e. The third kappa shape index (κ3) is 3.38. The van der Waals surface area contributed by atoms with E-state index in [1.54, 1.807) is 31.3 Å². The third-order valence-electron chi connectivity index (χ3n) is 3.29. The predicted molar refractivity (Wildman–Crippen MR) is 80.0 cm³/mol. The first-order valence-corrected chi connectivity index (χ1v) is 6.80. The van der Waals surface area contributed by atoms with Gasteiger partial charge < -0.3 is 10.4 Å². The molecule has 1 aromatic carbocycles. The van der Waals surface area contributed by atoms with Crippen LogP contribution >= 0.6 is 0 Å². The Morgan fingerprint density at radius 3 is 2.77 bits per heavy atom. The van der Waals surface area contributed by atoms with Crippen molar-refractivity contribution in [3.05, 3.63) is 42.1 Å². The van der Waals surface area contributed by atoms with Gasteiger partial charge in [0.25, 0.3) is 5.91 Å². The number of pyridine rings is 1. The minimum absolute atomic E-state index is 0.0514. The van der Waals surface area contributed by atoms with E-state index in [0.29, 0.717) is 11.1 Å². The molecule has 0 aliphatic rings. The number of carboxylic acid groups (broad SMARTS) is 1. The number of para-hydroxylation sites is 1. The highest BCUT2D eigenvalue weighted by molar-refractivity contribution is 6.06. The number of nitriles is 1. The number of aromatic nitrogens is 1. The monoisotopic (exact) mass is 297 g/mol. The zero-order valence-corrected chi connectivity index (χ0v) is 12.0. The Bertz CT molecular complexity index is 746. The molecule has 0 fully saturated rings. The summed E-state index contributed by atoms with van der Waals surface area (Å²) < 4.78 is 0. The van der Waals surface area contributed by atoms with Gasteiger partial charge in [0.05, 0.1) is 17.1 Å². The molecular formula is C16H15N3O3. The number of rotatable bonds is 5. The van der Waals surface area contributed by atoms with Gasteiger partial charge in [-0.2, -0.15) is 5.26 Å². The number of benzene rings is 1. The summed E-state index contributed by atoms with van der Waals surface area (Å²) >= 11 is 0. The van der Waals surface area contributed by atoms with Gasteiger partial charge in [-0.3, -0.25) is 9.78 Å². The van der Waals surface area contributed by atoms with Crippen LogP contribution in [-0.4, -0.2) is 28.0 Å². The molecule has 6 heteroatoms. The number of hydrogen-bond acceptors (Lipinski definition) is 4. The number of nitrogens with zero attached hydrogens (tertiary/aromatic N) is 2. The maximum atomic E-state index is 12.3. The third-order valence-corrected chi connectivity index (χ3v) is 3.29. The van der Waals surface area contributed by atoms with Gasteiger partial charge >= 0.3 is 5.97 Å². The van der Waals surface area contributed by atoms with Crippen LogP contribution in [0.1, 0.15) is 23.7 Å². The zero-order valence-electron chi connectivity index (χ0n) is 12.0. The molecule has 0 aliphatic heterocycles. The predicted octanol–water partition coefficient (Wildman–Crippen LogP) is 1.97. The van der Waals surface area contributed by atoms with E-state index >= 15 is 0 Å². The standard InChI is InChI=1S/C16H15N3O3/c1-10(9-17)8-13(16(21)22)19-15(20)12-6-2-4-11-5-3-7-18-14(11)12/h2-7,10,13H,8H2,1H3,(H,19,20)(H,21,22)/t10-,13+/m1/s1. The topological polar surface area (TPSA) is 103 Å². The van der Waals surface area contributed by atoms with Gasteiger partial charge in [0.1, 0.15) is 6.04 Å². The first kappa shape index (κ1) is 15.4. The Hall–Kier alpha value is -2.94. The number of nitrogens with one attached hydrogen (secondary N) is 1. The highest BCUT2D eigenvalue weighted by atomic mass is 16.4. The van der Waals surface area contributed by atoms with E-state index in [0.717, 1.165) is 5.39 Å². The van der Waals surface area contributed by atoms with Crippen molar-refractivity contribution < 1.29 is 14.7 Å². The fraction of sp³-hybridized carbons (Fsp3) is 0.250. The van der Waals surface area contributed by atoms with Crippen LogP contribution in [0.3, 0.4) is 0 Å². The number of carbonyl (C=O) groups excluding carboxylic acids is 1. The summed E-state index contributed by atoms with van der Waals surface area (Å²) in [4.78, 5) is 27.8. The van der Waals surface area contributed by atoms with Crippen molar-refractivity contribution in [2.24, 2.45) is 5.92 Å². The summed E-state index contributed by atoms with van der Waals surface area (Å²) in [6, 6.07) is 9.58. The number of carboxylic acids is 1. The molecule has 6 nitrogen and oxygen atoms in total. The first-order valence-electron chi connectivity index (χ1n) is 6.80. The summed E-state index contributed by atoms with van der Waals surface area (Å²) in [5.41, 5.74) is 0.828. The lowest BCUT2D eigenvalue weighted by molar-refractivity contribution is -0.139. The van der Waals surface area contributed by atoms with Crippen molar-refractivity contribution in [1.29, 1.82) is 5.26 Å². The molecule has 0 bridgehead atoms. The summed E-state index contributed by atoms with van der Waals surface area (Å²) in [6.45, 7) is 1.61. The smallest absolute Gasteiger partial charge is 0.326 e. The average molecular weight is 297 g/mol. The molecule has 2 aromatic rings. The average Bonchev–Trinajstić information content (AvgIpc) is 2.53. The van der Waals surface area contributed by atoms with E-state index in [9.17, 15) is 14.7 Å². The van der Waals surface area contributed by atoms with Gasteiger partial charge in [0.15, 0.2) is 0 Å². The summed E-state index contributed by atoms with van der Waals surface area (Å²) in [5.74, 6) is -2.14. The molecule has 1 aromatic heterocycles. The van der Waals surface area contributed by atoms with Crippen molar-refractivity contribution in [3.63, 3.8) is 0 Å². The van der Waals surface area contributed by atoms with Crippen LogP contribution in [0.5, 0.6) is 0 Å². The number of hydrogen-bond donors (Lipinski definition) is 2. The lowest BCUT2D eigenvalue weighted by Gasteiger charge is -2.16. The lowest BCUT2D eigenvalue weighted by atomic mass is 10.0. The molecule has 22 heavy (non-hydrogen) atoms. The summed E-state index contributed by atoms with van der Waals surface area (Å²) in [5, 5.41) is 21.2. The second kappa shape index (κ2) is 6.68. The Kier molecular flexibility index (Phi) is 4.69. The van der Waals surface area contributed by atoms with Crippen LogP contribution in [-0.2, 0) is 4.79 Å². The Labute approximate surface area is 127 Å². The normalized spacial score (nSPS) is 13.1. The van der Waals surface area contributed by atoms with Crippen molar-refractivity contribution in [3.8, 4) is 6.07 Å². The van der Waals surface area contributed by atoms with Gasteiger partial charge in [-0.15, -0.1) is 0 Å². The van der Waals surface area contributed by atoms with Gasteiger partial charge in [-0.05, 0) is 25.5 Å². The molecule has 1 heterocycles. The van der Waals surface area contributed by atoms with Crippen LogP contribution < -0.4 is 5.32 Å². The van der Waals surface area contributed by atoms with Crippen molar-refractivity contribution in [2.45, 2.75) is 19.4 Å². The van der Waals surface area contributed by atoms with E-state index in [-0.39, 0.29) is 6.42 Å². The van der Waals surface area contributed by atoms with Crippen LogP contribution in [0.4, 0.5) is 0 Å². The second-order valence-electron chi connectivity index (χ2n) is 5.01. The number of amides is 1. The molecule has 2 atom stereocenters. The van der Waals surface area contributed by atoms with Crippen molar-refractivity contribution in [2.75, 3.05) is 0 Å². The van der Waals surface area contributed by atoms with E-state index in [2.05, 4.69) is 10.3 Å². The quantitative estimate of drug-likeness (QED) is 0.878. The van der Waals surface area contributed by atoms with Crippen LogP contribution in [0, 0.1) is 17.2 Å². The molecule has 0 radical (unpaired) electrons. The molecule has 1 amide bonds. The van der Waals surface area contributed by atoms with Crippen molar-refractivity contribution in [1.82, 2.24) is 10.3 Å². The highest BCUT2D eigenvalue weighted by Gasteiger charge is 2.23. The number of fused-ring (bicyclic) bond motifs is 1. The van der Waals surface area contributed by atoms with E-state index in [1.165, 1.54) is 0 Å². The first-order chi connectivity index (χ1) is 10.5. The van der Waals surface area contributed by atoms with Crippen LogP contribution in [0.15, 0.2) is 36.5 Å². The highest BCUT2D eigenvalue weighted by Crippen LogP contribution is 2.16. The minimum atomic E-state index is -1.16. The molecule has 112 valence electrons. The maximum absolute atomic E-state index is 12.3. The van der Waals surface area contributed by atoms with E-state index in [4.69, 9.17) is 5.26 Å². The fourth-order valence-electron chi connectivity index (χ4n) is 2.15. The van der Waals surface area contributed by atoms with Crippen molar-refractivity contribution >= 4 is 22.8 Å². The molecular weight excluding hydrogens is 282 g/mol. The van der Waals surface area contributed by atoms with Crippen LogP contribution in [0.2, 0.25) is 0 Å². The minimum Gasteiger partial charge on any atom is -0.480 e.